The lowest BCUT2D eigenvalue weighted by Crippen LogP contribution is -2.54. The molecule has 2 unspecified atom stereocenters. The molecule has 2 aromatic carbocycles. The molecule has 0 fully saturated rings. The summed E-state index contributed by atoms with van der Waals surface area (Å²) in [5, 5.41) is -1.85. The number of ether oxygens (including phenoxy) is 2. The van der Waals surface area contributed by atoms with Crippen LogP contribution in [-0.2, 0) is 0 Å². The quantitative estimate of drug-likeness (QED) is 0.175. The first-order valence-corrected chi connectivity index (χ1v) is 14.3. The fourth-order valence-corrected chi connectivity index (χ4v) is 6.57. The molecule has 1 aliphatic rings. The average molecular weight is 775 g/mol. The first-order valence-electron chi connectivity index (χ1n) is 8.96. The summed E-state index contributed by atoms with van der Waals surface area (Å²) in [6.45, 7) is 2.95. The molecular weight excluding hydrogens is 769 g/mol. The van der Waals surface area contributed by atoms with E-state index in [-0.39, 0.29) is 82.6 Å². The van der Waals surface area contributed by atoms with Gasteiger partial charge in [0.1, 0.15) is 30.0 Å². The van der Waals surface area contributed by atoms with E-state index < -0.39 is 10.5 Å². The largest absolute Gasteiger partial charge is 0.476 e. The van der Waals surface area contributed by atoms with Crippen molar-refractivity contribution in [2.24, 2.45) is 0 Å². The van der Waals surface area contributed by atoms with Crippen LogP contribution in [0.15, 0.2) is 20.9 Å². The Bertz CT molecular complexity index is 1310. The van der Waals surface area contributed by atoms with Gasteiger partial charge in [0.05, 0.1) is 40.2 Å². The molecule has 2 nitrogen and oxygen atoms in total. The van der Waals surface area contributed by atoms with Crippen LogP contribution >= 0.6 is 162 Å². The van der Waals surface area contributed by atoms with E-state index in [0.29, 0.717) is 0 Å². The molecule has 1 aliphatic carbocycles. The van der Waals surface area contributed by atoms with E-state index in [9.17, 15) is 0 Å². The molecule has 0 aromatic heterocycles. The van der Waals surface area contributed by atoms with Crippen LogP contribution in [0.1, 0.15) is 13.8 Å². The Hall–Kier alpha value is 1.58. The molecule has 2 atom stereocenters. The van der Waals surface area contributed by atoms with Gasteiger partial charge < -0.3 is 9.47 Å². The first-order chi connectivity index (χ1) is 16.4. The number of allylic oxidation sites excluding steroid dienone is 1. The second-order valence-electron chi connectivity index (χ2n) is 7.31. The van der Waals surface area contributed by atoms with E-state index in [1.54, 1.807) is 0 Å². The van der Waals surface area contributed by atoms with Gasteiger partial charge in [0.15, 0.2) is 22.9 Å². The van der Waals surface area contributed by atoms with Gasteiger partial charge in [-0.05, 0) is 13.8 Å². The van der Waals surface area contributed by atoms with Gasteiger partial charge in [-0.2, -0.15) is 0 Å². The molecule has 0 aliphatic heterocycles. The SMILES string of the molecule is CC1(Cl)C(Cl)=C(Oc2c(Cl)c(Cl)c(Cl)c(Cl)c2Cl)C(Cl)=C(Cl)C1(C)Oc1c(Cl)c(Cl)c(Cl)c(Cl)c1Cl. The lowest BCUT2D eigenvalue weighted by atomic mass is 9.84. The molecule has 0 saturated carbocycles. The molecule has 0 heterocycles. The van der Waals surface area contributed by atoms with Crippen molar-refractivity contribution >= 4 is 162 Å². The molecule has 0 saturated heterocycles. The zero-order valence-corrected chi connectivity index (χ0v) is 27.7. The van der Waals surface area contributed by atoms with E-state index in [4.69, 9.17) is 172 Å². The number of hydrogen-bond donors (Lipinski definition) is 0. The van der Waals surface area contributed by atoms with E-state index >= 15 is 0 Å². The van der Waals surface area contributed by atoms with E-state index in [0.717, 1.165) is 0 Å². The third-order valence-electron chi connectivity index (χ3n) is 5.17. The topological polar surface area (TPSA) is 18.5 Å². The van der Waals surface area contributed by atoms with Gasteiger partial charge in [-0.25, -0.2) is 0 Å². The monoisotopic (exact) mass is 768 g/mol. The summed E-state index contributed by atoms with van der Waals surface area (Å²) in [7, 11) is 0. The highest BCUT2D eigenvalue weighted by molar-refractivity contribution is 6.57. The zero-order chi connectivity index (χ0) is 27.7. The number of halogens is 14. The molecular formula is C20H6Cl14O2. The minimum Gasteiger partial charge on any atom is -0.476 e. The third-order valence-corrected chi connectivity index (χ3v) is 11.9. The van der Waals surface area contributed by atoms with Gasteiger partial charge in [0.25, 0.3) is 0 Å². The molecule has 196 valence electrons. The van der Waals surface area contributed by atoms with Crippen LogP contribution in [0.25, 0.3) is 0 Å². The predicted octanol–water partition coefficient (Wildman–Crippen LogP) is 13.6. The summed E-state index contributed by atoms with van der Waals surface area (Å²) in [6.07, 6.45) is 0. The van der Waals surface area contributed by atoms with Crippen molar-refractivity contribution in [3.63, 3.8) is 0 Å². The summed E-state index contributed by atoms with van der Waals surface area (Å²) in [5.41, 5.74) is -1.71. The second-order valence-corrected chi connectivity index (χ2v) is 13.0. The van der Waals surface area contributed by atoms with Crippen LogP contribution < -0.4 is 9.47 Å². The average Bonchev–Trinajstić information content (AvgIpc) is 2.84. The highest BCUT2D eigenvalue weighted by atomic mass is 35.5. The van der Waals surface area contributed by atoms with Gasteiger partial charge in [0, 0.05) is 0 Å². The summed E-state index contributed by atoms with van der Waals surface area (Å²) in [4.78, 5) is -1.68. The van der Waals surface area contributed by atoms with Crippen molar-refractivity contribution in [2.45, 2.75) is 24.3 Å². The van der Waals surface area contributed by atoms with Crippen LogP contribution in [-0.4, -0.2) is 10.5 Å². The van der Waals surface area contributed by atoms with Crippen molar-refractivity contribution in [1.82, 2.24) is 0 Å². The molecule has 2 aromatic rings. The van der Waals surface area contributed by atoms with Crippen LogP contribution in [0.3, 0.4) is 0 Å². The van der Waals surface area contributed by atoms with Crippen LogP contribution in [0.5, 0.6) is 11.5 Å². The van der Waals surface area contributed by atoms with Crippen molar-refractivity contribution in [3.8, 4) is 11.5 Å². The highest BCUT2D eigenvalue weighted by Gasteiger charge is 2.57. The maximum Gasteiger partial charge on any atom is 0.167 e. The number of alkyl halides is 1. The summed E-state index contributed by atoms with van der Waals surface area (Å²) in [5.74, 6) is -0.594. The Labute approximate surface area is 275 Å². The van der Waals surface area contributed by atoms with Gasteiger partial charge in [-0.1, -0.05) is 151 Å². The fourth-order valence-electron chi connectivity index (χ4n) is 2.92. The maximum atomic E-state index is 6.89. The molecule has 0 radical (unpaired) electrons. The van der Waals surface area contributed by atoms with Crippen LogP contribution in [0, 0.1) is 0 Å². The van der Waals surface area contributed by atoms with Crippen molar-refractivity contribution in [1.29, 1.82) is 0 Å². The molecule has 16 heteroatoms. The number of hydrogen-bond acceptors (Lipinski definition) is 2. The number of rotatable bonds is 4. The third kappa shape index (κ3) is 5.07. The molecule has 3 rings (SSSR count). The zero-order valence-electron chi connectivity index (χ0n) is 17.1. The molecule has 0 spiro atoms. The minimum absolute atomic E-state index is 0.0783. The lowest BCUT2D eigenvalue weighted by Gasteiger charge is -2.45. The molecule has 0 bridgehead atoms. The van der Waals surface area contributed by atoms with E-state index in [1.165, 1.54) is 13.8 Å². The predicted molar refractivity (Wildman–Crippen MR) is 159 cm³/mol. The standard InChI is InChI=1S/C20H6Cl14O2/c1-19(34)18(33)16(35-14-9(27)5(23)3(21)6(24)10(14)28)13(31)17(32)20(19,2)36-15-11(29)7(25)4(22)8(26)12(15)30/h1-2H3. The lowest BCUT2D eigenvalue weighted by molar-refractivity contribution is 0.103. The van der Waals surface area contributed by atoms with Crippen molar-refractivity contribution < 1.29 is 9.47 Å². The maximum absolute atomic E-state index is 6.89. The Morgan fingerprint density at radius 3 is 1.19 bits per heavy atom. The summed E-state index contributed by atoms with van der Waals surface area (Å²) in [6, 6.07) is 0. The van der Waals surface area contributed by atoms with Gasteiger partial charge in [-0.15, -0.1) is 11.6 Å². The smallest absolute Gasteiger partial charge is 0.167 e. The van der Waals surface area contributed by atoms with Gasteiger partial charge in [-0.3, -0.25) is 0 Å². The van der Waals surface area contributed by atoms with Crippen LogP contribution in [0.2, 0.25) is 50.2 Å². The Morgan fingerprint density at radius 2 is 0.806 bits per heavy atom. The molecule has 0 N–H and O–H groups in total. The van der Waals surface area contributed by atoms with Crippen molar-refractivity contribution in [2.75, 3.05) is 0 Å². The Morgan fingerprint density at radius 1 is 0.472 bits per heavy atom. The molecule has 0 amide bonds. The first kappa shape index (κ1) is 32.1. The van der Waals surface area contributed by atoms with Crippen molar-refractivity contribution in [3.05, 3.63) is 71.1 Å². The second kappa shape index (κ2) is 11.5. The van der Waals surface area contributed by atoms with Crippen LogP contribution in [0.4, 0.5) is 0 Å². The van der Waals surface area contributed by atoms with E-state index in [1.807, 2.05) is 0 Å². The minimum atomic E-state index is -1.71. The van der Waals surface area contributed by atoms with E-state index in [2.05, 4.69) is 0 Å². The highest BCUT2D eigenvalue weighted by Crippen LogP contribution is 2.58. The number of benzene rings is 2. The Balaban J connectivity index is 2.20. The normalized spacial score (nSPS) is 22.4. The fraction of sp³-hybridized carbons (Fsp3) is 0.200. The van der Waals surface area contributed by atoms with Gasteiger partial charge in [0.2, 0.25) is 0 Å². The Kier molecular flexibility index (Phi) is 10.2. The summed E-state index contributed by atoms with van der Waals surface area (Å²) >= 11 is 88.7. The molecule has 36 heavy (non-hydrogen) atoms. The van der Waals surface area contributed by atoms with Gasteiger partial charge >= 0.3 is 0 Å². The summed E-state index contributed by atoms with van der Waals surface area (Å²) < 4.78 is 11.9.